The fourth-order valence-electron chi connectivity index (χ4n) is 14.9. The van der Waals surface area contributed by atoms with Gasteiger partial charge in [0.1, 0.15) is 0 Å². The molecule has 0 amide bonds. The molecular formula is C81H166O3Ti. The molecule has 0 saturated heterocycles. The van der Waals surface area contributed by atoms with Crippen LogP contribution < -0.4 is 0 Å². The summed E-state index contributed by atoms with van der Waals surface area (Å²) in [7, 11) is 0. The molecular weight excluding hydrogens is 1070 g/mol. The van der Waals surface area contributed by atoms with Crippen LogP contribution in [0.4, 0.5) is 0 Å². The van der Waals surface area contributed by atoms with Crippen molar-refractivity contribution >= 4 is 0 Å². The van der Waals surface area contributed by atoms with Crippen LogP contribution in [-0.2, 0) is 26.0 Å². The van der Waals surface area contributed by atoms with Crippen LogP contribution in [0.15, 0.2) is 0 Å². The minimum absolute atomic E-state index is 0.0564. The van der Waals surface area contributed by atoms with Crippen LogP contribution in [-0.4, -0.2) is 12.2 Å². The first-order chi connectivity index (χ1) is 41.8. The van der Waals surface area contributed by atoms with Gasteiger partial charge in [0, 0.05) is 0 Å². The van der Waals surface area contributed by atoms with E-state index in [4.69, 9.17) is 6.64 Å². The molecule has 3 unspecified atom stereocenters. The minimum Gasteiger partial charge on any atom is -0.0654 e. The molecule has 0 aliphatic carbocycles. The predicted molar refractivity (Wildman–Crippen MR) is 382 cm³/mol. The third-order valence-electron chi connectivity index (χ3n) is 20.5. The Hall–Kier alpha value is 0.434. The third-order valence-corrected chi connectivity index (χ3v) is 29.6. The Kier molecular flexibility index (Phi) is 67.7. The summed E-state index contributed by atoms with van der Waals surface area (Å²) in [4.78, 5) is 0. The van der Waals surface area contributed by atoms with Gasteiger partial charge in [0.05, 0.1) is 0 Å². The van der Waals surface area contributed by atoms with E-state index in [1.807, 2.05) is 0 Å². The minimum atomic E-state index is -5.62. The number of hydrogen-bond acceptors (Lipinski definition) is 3. The van der Waals surface area contributed by atoms with Gasteiger partial charge in [0.25, 0.3) is 0 Å². The van der Waals surface area contributed by atoms with Crippen molar-refractivity contribution in [1.29, 1.82) is 0 Å². The molecule has 0 spiro atoms. The molecule has 0 radical (unpaired) electrons. The molecule has 4 heteroatoms. The fourth-order valence-corrected chi connectivity index (χ4v) is 24.6. The van der Waals surface area contributed by atoms with Crippen molar-refractivity contribution in [2.45, 2.75) is 519 Å². The molecule has 0 bridgehead atoms. The zero-order valence-electron chi connectivity index (χ0n) is 60.8. The molecule has 85 heavy (non-hydrogen) atoms. The second kappa shape index (κ2) is 67.3. The Labute approximate surface area is 541 Å². The summed E-state index contributed by atoms with van der Waals surface area (Å²) in [5, 5.41) is 0. The molecule has 3 atom stereocenters. The van der Waals surface area contributed by atoms with Crippen LogP contribution in [0.1, 0.15) is 498 Å². The third kappa shape index (κ3) is 53.6. The number of hydrogen-bond donors (Lipinski definition) is 0. The van der Waals surface area contributed by atoms with Gasteiger partial charge in [-0.2, -0.15) is 0 Å². The zero-order valence-corrected chi connectivity index (χ0v) is 62.4. The van der Waals surface area contributed by atoms with E-state index in [0.717, 1.165) is 38.5 Å². The normalized spacial score (nSPS) is 13.4. The van der Waals surface area contributed by atoms with E-state index in [1.54, 1.807) is 0 Å². The maximum absolute atomic E-state index is 18.4. The van der Waals surface area contributed by atoms with Crippen LogP contribution >= 0.6 is 0 Å². The van der Waals surface area contributed by atoms with Crippen molar-refractivity contribution in [3.63, 3.8) is 0 Å². The number of unbranched alkanes of at least 4 members (excludes halogenated alkanes) is 57. The van der Waals surface area contributed by atoms with E-state index < -0.39 is 16.1 Å². The summed E-state index contributed by atoms with van der Waals surface area (Å²) >= 11 is -5.62. The molecule has 0 heterocycles. The zero-order chi connectivity index (χ0) is 62.0. The first kappa shape index (κ1) is 85.4. The van der Waals surface area contributed by atoms with E-state index in [-0.39, 0.29) is 20.7 Å². The molecule has 0 N–H and O–H groups in total. The van der Waals surface area contributed by atoms with Gasteiger partial charge in [-0.05, 0) is 0 Å². The fraction of sp³-hybridized carbons (Fsp3) is 1.00. The summed E-state index contributed by atoms with van der Waals surface area (Å²) in [6, 6.07) is 0. The van der Waals surface area contributed by atoms with Crippen LogP contribution in [0.25, 0.3) is 0 Å². The monoisotopic (exact) mass is 1240 g/mol. The molecule has 0 fully saturated rings. The van der Waals surface area contributed by atoms with Crippen molar-refractivity contribution in [2.75, 3.05) is 0 Å². The Balaban J connectivity index is 7.26. The summed E-state index contributed by atoms with van der Waals surface area (Å²) in [6.45, 7) is 18.5. The Morgan fingerprint density at radius 1 is 0.200 bits per heavy atom. The van der Waals surface area contributed by atoms with E-state index in [0.29, 0.717) is 0 Å². The molecule has 0 aliphatic heterocycles. The maximum atomic E-state index is 18.4. The van der Waals surface area contributed by atoms with Gasteiger partial charge in [0.15, 0.2) is 0 Å². The summed E-state index contributed by atoms with van der Waals surface area (Å²) in [5.74, 6) is 0. The second-order valence-electron chi connectivity index (χ2n) is 29.3. The average molecular weight is 1240 g/mol. The van der Waals surface area contributed by atoms with Gasteiger partial charge in [-0.3, -0.25) is 0 Å². The van der Waals surface area contributed by atoms with Crippen molar-refractivity contribution in [3.05, 3.63) is 0 Å². The smallest absolute Gasteiger partial charge is 0.0654 e. The summed E-state index contributed by atoms with van der Waals surface area (Å²) in [5.41, 5.74) is 0. The van der Waals surface area contributed by atoms with Crippen LogP contribution in [0.3, 0.4) is 0 Å². The van der Waals surface area contributed by atoms with Gasteiger partial charge in [-0.25, -0.2) is 0 Å². The molecule has 0 aromatic rings. The Morgan fingerprint density at radius 2 is 0.341 bits per heavy atom. The molecule has 0 aromatic carbocycles. The molecule has 0 rings (SSSR count). The van der Waals surface area contributed by atoms with Crippen molar-refractivity contribution < 1.29 is 26.0 Å². The van der Waals surface area contributed by atoms with Crippen LogP contribution in [0, 0.1) is 0 Å². The SMILES string of the molecule is CCCCCCCCCCCCCC(CCCCCCCCCCCC)[O][Ti](=[O])([O]C(C)C)([CH](CCCCCCCCCCCC)CCCCCCCCCCCCC)[CH](CCCCCCCCCCCC)CCCCCCCCCCCCC. The van der Waals surface area contributed by atoms with Gasteiger partial charge < -0.3 is 0 Å². The van der Waals surface area contributed by atoms with Crippen molar-refractivity contribution in [2.24, 2.45) is 0 Å². The first-order valence-corrected chi connectivity index (χ1v) is 44.7. The van der Waals surface area contributed by atoms with Crippen LogP contribution in [0.5, 0.6) is 0 Å². The number of rotatable bonds is 75. The van der Waals surface area contributed by atoms with E-state index in [9.17, 15) is 0 Å². The summed E-state index contributed by atoms with van der Waals surface area (Å²) in [6.07, 6.45) is 91.7. The molecule has 0 aliphatic rings. The van der Waals surface area contributed by atoms with Crippen LogP contribution in [0.2, 0.25) is 8.45 Å². The van der Waals surface area contributed by atoms with E-state index >= 15 is 3.32 Å². The van der Waals surface area contributed by atoms with Crippen molar-refractivity contribution in [1.82, 2.24) is 0 Å². The average Bonchev–Trinajstić information content (AvgIpc) is 1.00. The van der Waals surface area contributed by atoms with Crippen molar-refractivity contribution in [3.8, 4) is 0 Å². The van der Waals surface area contributed by atoms with Gasteiger partial charge in [-0.15, -0.1) is 0 Å². The molecule has 0 aromatic heterocycles. The topological polar surface area (TPSA) is 35.5 Å². The van der Waals surface area contributed by atoms with E-state index in [2.05, 4.69) is 55.4 Å². The molecule has 3 nitrogen and oxygen atoms in total. The summed E-state index contributed by atoms with van der Waals surface area (Å²) < 4.78 is 34.6. The standard InChI is InChI=1S/C26H53O.2C26H53.C3H7O.O.Ti/c1-3-5-7-9-11-13-15-17-19-21-23-25-26(27)24-22-20-18-16-14-12-10-8-6-4-2;2*1-3-5-7-9-11-13-15-17-19-21-23-25-26-24-22-20-18-16-14-12-10-8-6-4-2;1-3(2)4;;/h26H,3-25H2,1-2H3;2*25H,3-24,26H2,1-2H3;3H,1-2H3;;/q-1;;;-1;;+2. The van der Waals surface area contributed by atoms with E-state index in [1.165, 1.54) is 405 Å². The van der Waals surface area contributed by atoms with Gasteiger partial charge >= 0.3 is 471 Å². The van der Waals surface area contributed by atoms with Gasteiger partial charge in [0.2, 0.25) is 0 Å². The first-order valence-electron chi connectivity index (χ1n) is 41.0. The second-order valence-corrected chi connectivity index (χ2v) is 36.1. The predicted octanol–water partition coefficient (Wildman–Crippen LogP) is 31.3. The molecule has 512 valence electrons. The quantitative estimate of drug-likeness (QED) is 0.0450. The molecule has 0 saturated carbocycles. The Morgan fingerprint density at radius 3 is 0.494 bits per heavy atom. The van der Waals surface area contributed by atoms with Gasteiger partial charge in [-0.1, -0.05) is 73.6 Å². The Bertz CT molecular complexity index is 1250.